The van der Waals surface area contributed by atoms with Crippen LogP contribution in [0.15, 0.2) is 30.6 Å². The number of tetrazole rings is 1. The predicted octanol–water partition coefficient (Wildman–Crippen LogP) is 1.76. The number of hydrogen-bond donors (Lipinski definition) is 1. The van der Waals surface area contributed by atoms with Crippen molar-refractivity contribution >= 4 is 5.91 Å². The normalized spacial score (nSPS) is 20.1. The number of amides is 1. The fourth-order valence-electron chi connectivity index (χ4n) is 2.78. The molecule has 1 heterocycles. The van der Waals surface area contributed by atoms with Crippen molar-refractivity contribution in [3.05, 3.63) is 36.2 Å². The fourth-order valence-corrected chi connectivity index (χ4v) is 2.78. The van der Waals surface area contributed by atoms with E-state index in [1.165, 1.54) is 6.42 Å². The molecule has 1 amide bonds. The first-order valence-electron chi connectivity index (χ1n) is 7.73. The minimum Gasteiger partial charge on any atom is -0.353 e. The SMILES string of the molecule is CC(C)C[C@@H]1C[C@H]1NC(=O)Cc1ccc(-n2cnnn2)cc1. The summed E-state index contributed by atoms with van der Waals surface area (Å²) in [4.78, 5) is 12.1. The Morgan fingerprint density at radius 2 is 2.14 bits per heavy atom. The molecule has 1 fully saturated rings. The molecule has 1 aliphatic rings. The minimum absolute atomic E-state index is 0.103. The third kappa shape index (κ3) is 3.69. The van der Waals surface area contributed by atoms with Crippen LogP contribution < -0.4 is 5.32 Å². The molecule has 116 valence electrons. The molecule has 0 aliphatic heterocycles. The summed E-state index contributed by atoms with van der Waals surface area (Å²) in [5.41, 5.74) is 1.88. The van der Waals surface area contributed by atoms with Crippen LogP contribution in [0.3, 0.4) is 0 Å². The van der Waals surface area contributed by atoms with Crippen LogP contribution in [0.25, 0.3) is 5.69 Å². The number of nitrogens with zero attached hydrogens (tertiary/aromatic N) is 4. The fraction of sp³-hybridized carbons (Fsp3) is 0.500. The highest BCUT2D eigenvalue weighted by Gasteiger charge is 2.38. The van der Waals surface area contributed by atoms with Gasteiger partial charge in [-0.25, -0.2) is 4.68 Å². The van der Waals surface area contributed by atoms with Gasteiger partial charge in [-0.1, -0.05) is 26.0 Å². The Morgan fingerprint density at radius 3 is 2.77 bits per heavy atom. The molecule has 3 rings (SSSR count). The maximum absolute atomic E-state index is 12.1. The highest BCUT2D eigenvalue weighted by molar-refractivity contribution is 5.79. The van der Waals surface area contributed by atoms with Crippen LogP contribution in [-0.2, 0) is 11.2 Å². The van der Waals surface area contributed by atoms with Crippen molar-refractivity contribution in [2.24, 2.45) is 11.8 Å². The van der Waals surface area contributed by atoms with Gasteiger partial charge in [0.15, 0.2) is 0 Å². The topological polar surface area (TPSA) is 72.7 Å². The van der Waals surface area contributed by atoms with Gasteiger partial charge in [0.1, 0.15) is 6.33 Å². The van der Waals surface area contributed by atoms with Crippen molar-refractivity contribution in [2.75, 3.05) is 0 Å². The molecule has 1 N–H and O–H groups in total. The Kier molecular flexibility index (Phi) is 4.18. The Labute approximate surface area is 129 Å². The lowest BCUT2D eigenvalue weighted by atomic mass is 10.1. The van der Waals surface area contributed by atoms with Crippen molar-refractivity contribution in [3.63, 3.8) is 0 Å². The average molecular weight is 299 g/mol. The number of aromatic nitrogens is 4. The molecule has 0 saturated heterocycles. The van der Waals surface area contributed by atoms with E-state index in [4.69, 9.17) is 0 Å². The van der Waals surface area contributed by atoms with Gasteiger partial charge in [-0.3, -0.25) is 4.79 Å². The lowest BCUT2D eigenvalue weighted by molar-refractivity contribution is -0.120. The minimum atomic E-state index is 0.103. The average Bonchev–Trinajstić information content (AvgIpc) is 2.99. The molecule has 1 saturated carbocycles. The number of carbonyl (C=O) groups is 1. The first-order valence-corrected chi connectivity index (χ1v) is 7.73. The molecule has 0 unspecified atom stereocenters. The zero-order valence-corrected chi connectivity index (χ0v) is 12.9. The molecule has 1 aliphatic carbocycles. The van der Waals surface area contributed by atoms with E-state index in [0.29, 0.717) is 24.3 Å². The van der Waals surface area contributed by atoms with E-state index in [0.717, 1.165) is 17.7 Å². The maximum Gasteiger partial charge on any atom is 0.224 e. The van der Waals surface area contributed by atoms with Gasteiger partial charge in [-0.15, -0.1) is 5.10 Å². The highest BCUT2D eigenvalue weighted by Crippen LogP contribution is 2.36. The zero-order chi connectivity index (χ0) is 15.5. The summed E-state index contributed by atoms with van der Waals surface area (Å²) in [7, 11) is 0. The molecule has 0 spiro atoms. The van der Waals surface area contributed by atoms with E-state index in [2.05, 4.69) is 34.7 Å². The largest absolute Gasteiger partial charge is 0.353 e. The number of carbonyl (C=O) groups excluding carboxylic acids is 1. The van der Waals surface area contributed by atoms with Gasteiger partial charge >= 0.3 is 0 Å². The molecular formula is C16H21N5O. The Hall–Kier alpha value is -2.24. The van der Waals surface area contributed by atoms with E-state index in [-0.39, 0.29) is 5.91 Å². The first-order chi connectivity index (χ1) is 10.6. The van der Waals surface area contributed by atoms with E-state index in [9.17, 15) is 4.79 Å². The standard InChI is InChI=1S/C16H21N5O/c1-11(2)7-13-9-15(13)18-16(22)8-12-3-5-14(6-4-12)21-10-17-19-20-21/h3-6,10-11,13,15H,7-9H2,1-2H3,(H,18,22)/t13-,15-/m1/s1. The third-order valence-electron chi connectivity index (χ3n) is 3.96. The van der Waals surface area contributed by atoms with E-state index < -0.39 is 0 Å². The van der Waals surface area contributed by atoms with Crippen molar-refractivity contribution in [3.8, 4) is 5.69 Å². The second-order valence-electron chi connectivity index (χ2n) is 6.40. The third-order valence-corrected chi connectivity index (χ3v) is 3.96. The van der Waals surface area contributed by atoms with Crippen molar-refractivity contribution in [2.45, 2.75) is 39.2 Å². The molecule has 1 aromatic carbocycles. The molecular weight excluding hydrogens is 278 g/mol. The predicted molar refractivity (Wildman–Crippen MR) is 82.4 cm³/mol. The number of rotatable bonds is 6. The Morgan fingerprint density at radius 1 is 1.36 bits per heavy atom. The van der Waals surface area contributed by atoms with Gasteiger partial charge in [-0.2, -0.15) is 0 Å². The Balaban J connectivity index is 1.50. The lowest BCUT2D eigenvalue weighted by Crippen LogP contribution is -2.28. The van der Waals surface area contributed by atoms with E-state index >= 15 is 0 Å². The van der Waals surface area contributed by atoms with Gasteiger partial charge in [0.2, 0.25) is 5.91 Å². The van der Waals surface area contributed by atoms with Gasteiger partial charge in [0, 0.05) is 6.04 Å². The number of benzene rings is 1. The summed E-state index contributed by atoms with van der Waals surface area (Å²) < 4.78 is 1.59. The van der Waals surface area contributed by atoms with Crippen LogP contribution >= 0.6 is 0 Å². The van der Waals surface area contributed by atoms with Crippen LogP contribution in [0.5, 0.6) is 0 Å². The number of hydrogen-bond acceptors (Lipinski definition) is 4. The lowest BCUT2D eigenvalue weighted by Gasteiger charge is -2.07. The van der Waals surface area contributed by atoms with E-state index in [1.54, 1.807) is 11.0 Å². The van der Waals surface area contributed by atoms with Crippen molar-refractivity contribution in [1.29, 1.82) is 0 Å². The molecule has 0 bridgehead atoms. The second-order valence-corrected chi connectivity index (χ2v) is 6.40. The maximum atomic E-state index is 12.1. The van der Waals surface area contributed by atoms with Crippen LogP contribution in [0.2, 0.25) is 0 Å². The summed E-state index contributed by atoms with van der Waals surface area (Å²) in [6.07, 6.45) is 4.29. The molecule has 1 aromatic heterocycles. The second kappa shape index (κ2) is 6.25. The smallest absolute Gasteiger partial charge is 0.224 e. The number of nitrogens with one attached hydrogen (secondary N) is 1. The summed E-state index contributed by atoms with van der Waals surface area (Å²) in [5.74, 6) is 1.48. The van der Waals surface area contributed by atoms with Crippen LogP contribution in [0.4, 0.5) is 0 Å². The highest BCUT2D eigenvalue weighted by atomic mass is 16.1. The molecule has 6 nitrogen and oxygen atoms in total. The van der Waals surface area contributed by atoms with Gasteiger partial charge in [0.25, 0.3) is 0 Å². The van der Waals surface area contributed by atoms with Crippen molar-refractivity contribution in [1.82, 2.24) is 25.5 Å². The zero-order valence-electron chi connectivity index (χ0n) is 12.9. The van der Waals surface area contributed by atoms with E-state index in [1.807, 2.05) is 24.3 Å². The summed E-state index contributed by atoms with van der Waals surface area (Å²) in [6.45, 7) is 4.45. The summed E-state index contributed by atoms with van der Waals surface area (Å²) >= 11 is 0. The quantitative estimate of drug-likeness (QED) is 0.882. The summed E-state index contributed by atoms with van der Waals surface area (Å²) in [5, 5.41) is 14.2. The molecule has 0 radical (unpaired) electrons. The molecule has 2 atom stereocenters. The van der Waals surface area contributed by atoms with Crippen LogP contribution in [0, 0.1) is 11.8 Å². The van der Waals surface area contributed by atoms with Gasteiger partial charge < -0.3 is 5.32 Å². The first kappa shape index (κ1) is 14.7. The summed E-state index contributed by atoms with van der Waals surface area (Å²) in [6, 6.07) is 8.09. The molecule has 22 heavy (non-hydrogen) atoms. The van der Waals surface area contributed by atoms with Gasteiger partial charge in [0.05, 0.1) is 12.1 Å². The molecule has 6 heteroatoms. The van der Waals surface area contributed by atoms with Crippen LogP contribution in [-0.4, -0.2) is 32.2 Å². The van der Waals surface area contributed by atoms with Gasteiger partial charge in [-0.05, 0) is 52.8 Å². The van der Waals surface area contributed by atoms with Crippen molar-refractivity contribution < 1.29 is 4.79 Å². The molecule has 2 aromatic rings. The monoisotopic (exact) mass is 299 g/mol. The van der Waals surface area contributed by atoms with Crippen LogP contribution in [0.1, 0.15) is 32.3 Å². The Bertz CT molecular complexity index is 620.